The van der Waals surface area contributed by atoms with Crippen molar-refractivity contribution in [3.63, 3.8) is 0 Å². The minimum atomic E-state index is -1.76. The maximum atomic E-state index is 13.8. The smallest absolute Gasteiger partial charge is 0.338 e. The van der Waals surface area contributed by atoms with Gasteiger partial charge in [-0.25, -0.2) is 14.4 Å². The van der Waals surface area contributed by atoms with Crippen LogP contribution in [-0.4, -0.2) is 71.2 Å². The number of esters is 4. The first-order valence-corrected chi connectivity index (χ1v) is 16.2. The standard InChI is InChI=1S/C38H40O10/c1-23-20-29(45-24(2)39)31(40)37(22-44-33(41)25-14-8-5-9-15-25)30(46-34(42)26-16-10-6-11-17-26)21-28-32(38(23,37)48-36(28,3)4)47-35(43)27-18-12-7-13-19-27/h5-19,23,28-32,40H,20-22H2,1-4H3. The Hall–Kier alpha value is -4.54. The van der Waals surface area contributed by atoms with Crippen LogP contribution in [0.1, 0.15) is 71.6 Å². The summed E-state index contributed by atoms with van der Waals surface area (Å²) in [6, 6.07) is 25.3. The van der Waals surface area contributed by atoms with Gasteiger partial charge in [0.25, 0.3) is 0 Å². The van der Waals surface area contributed by atoms with E-state index in [9.17, 15) is 24.3 Å². The molecule has 1 aliphatic heterocycles. The molecular weight excluding hydrogens is 616 g/mol. The second-order valence-electron chi connectivity index (χ2n) is 13.5. The van der Waals surface area contributed by atoms with E-state index in [4.69, 9.17) is 23.7 Å². The Morgan fingerprint density at radius 2 is 1.25 bits per heavy atom. The van der Waals surface area contributed by atoms with Gasteiger partial charge in [-0.3, -0.25) is 4.79 Å². The quantitative estimate of drug-likeness (QED) is 0.255. The molecule has 0 amide bonds. The molecule has 2 saturated carbocycles. The molecule has 2 bridgehead atoms. The summed E-state index contributed by atoms with van der Waals surface area (Å²) in [6.45, 7) is 6.34. The van der Waals surface area contributed by atoms with Gasteiger partial charge in [0, 0.05) is 12.8 Å². The van der Waals surface area contributed by atoms with Gasteiger partial charge in [0.15, 0.2) is 0 Å². The van der Waals surface area contributed by atoms with Crippen molar-refractivity contribution < 1.29 is 48.0 Å². The van der Waals surface area contributed by atoms with E-state index in [1.54, 1.807) is 91.0 Å². The topological polar surface area (TPSA) is 135 Å². The third-order valence-corrected chi connectivity index (χ3v) is 10.4. The first-order chi connectivity index (χ1) is 22.9. The van der Waals surface area contributed by atoms with Crippen LogP contribution in [-0.2, 0) is 28.5 Å². The van der Waals surface area contributed by atoms with Crippen LogP contribution in [0.5, 0.6) is 0 Å². The summed E-state index contributed by atoms with van der Waals surface area (Å²) in [5, 5.41) is 12.5. The van der Waals surface area contributed by atoms with E-state index in [1.165, 1.54) is 6.92 Å². The fraction of sp³-hybridized carbons (Fsp3) is 0.421. The number of benzene rings is 3. The van der Waals surface area contributed by atoms with Crippen LogP contribution in [0.15, 0.2) is 91.0 Å². The highest BCUT2D eigenvalue weighted by Gasteiger charge is 2.82. The summed E-state index contributed by atoms with van der Waals surface area (Å²) in [7, 11) is 0. The zero-order valence-corrected chi connectivity index (χ0v) is 27.4. The molecule has 1 heterocycles. The van der Waals surface area contributed by atoms with E-state index in [-0.39, 0.29) is 24.0 Å². The Bertz CT molecular complexity index is 1660. The van der Waals surface area contributed by atoms with Crippen molar-refractivity contribution in [2.45, 2.75) is 76.2 Å². The lowest BCUT2D eigenvalue weighted by Gasteiger charge is -2.63. The molecule has 1 spiro atoms. The molecule has 8 unspecified atom stereocenters. The fourth-order valence-corrected chi connectivity index (χ4v) is 8.25. The van der Waals surface area contributed by atoms with E-state index >= 15 is 0 Å². The van der Waals surface area contributed by atoms with Crippen LogP contribution >= 0.6 is 0 Å². The van der Waals surface area contributed by atoms with E-state index in [0.717, 1.165) is 0 Å². The number of hydrogen-bond donors (Lipinski definition) is 1. The summed E-state index contributed by atoms with van der Waals surface area (Å²) < 4.78 is 31.5. The van der Waals surface area contributed by atoms with Gasteiger partial charge in [0.1, 0.15) is 42.0 Å². The van der Waals surface area contributed by atoms with E-state index in [0.29, 0.717) is 5.56 Å². The van der Waals surface area contributed by atoms with Gasteiger partial charge in [0.2, 0.25) is 0 Å². The lowest BCUT2D eigenvalue weighted by molar-refractivity contribution is -0.314. The number of carbonyl (C=O) groups excluding carboxylic acids is 4. The summed E-state index contributed by atoms with van der Waals surface area (Å²) in [4.78, 5) is 53.3. The third kappa shape index (κ3) is 5.56. The Labute approximate surface area is 279 Å². The molecule has 3 aromatic rings. The lowest BCUT2D eigenvalue weighted by atomic mass is 9.48. The number of fused-ring (bicyclic) bond motifs is 1. The Balaban J connectivity index is 1.52. The van der Waals surface area contributed by atoms with Crippen LogP contribution in [0.4, 0.5) is 0 Å². The summed E-state index contributed by atoms with van der Waals surface area (Å²) >= 11 is 0. The monoisotopic (exact) mass is 656 g/mol. The molecule has 48 heavy (non-hydrogen) atoms. The normalized spacial score (nSPS) is 31.5. The summed E-state index contributed by atoms with van der Waals surface area (Å²) in [5.41, 5.74) is -3.39. The predicted octanol–water partition coefficient (Wildman–Crippen LogP) is 5.18. The van der Waals surface area contributed by atoms with Crippen molar-refractivity contribution in [2.75, 3.05) is 6.61 Å². The molecule has 252 valence electrons. The minimum Gasteiger partial charge on any atom is -0.461 e. The lowest BCUT2D eigenvalue weighted by Crippen LogP contribution is -2.78. The van der Waals surface area contributed by atoms with Crippen LogP contribution in [0, 0.1) is 17.3 Å². The molecule has 2 aliphatic carbocycles. The van der Waals surface area contributed by atoms with Gasteiger partial charge in [-0.05, 0) is 69.0 Å². The van der Waals surface area contributed by atoms with Crippen LogP contribution < -0.4 is 0 Å². The van der Waals surface area contributed by atoms with Gasteiger partial charge in [0.05, 0.1) is 22.3 Å². The highest BCUT2D eigenvalue weighted by molar-refractivity contribution is 5.90. The average molecular weight is 657 g/mol. The number of ether oxygens (including phenoxy) is 5. The zero-order valence-electron chi connectivity index (χ0n) is 27.4. The van der Waals surface area contributed by atoms with E-state index < -0.39 is 83.4 Å². The van der Waals surface area contributed by atoms with Crippen LogP contribution in [0.25, 0.3) is 0 Å². The SMILES string of the molecule is CC(=O)OC1CC(C)C23OC(C)(C)C(CC(OC(=O)c4ccccc4)C2(COC(=O)c2ccccc2)C1O)C3OC(=O)c1ccccc1. The molecule has 3 fully saturated rings. The zero-order chi connectivity index (χ0) is 34.3. The molecule has 0 radical (unpaired) electrons. The number of aliphatic hydroxyl groups is 1. The second kappa shape index (κ2) is 12.8. The maximum Gasteiger partial charge on any atom is 0.338 e. The molecule has 8 atom stereocenters. The van der Waals surface area contributed by atoms with Gasteiger partial charge < -0.3 is 28.8 Å². The molecule has 1 N–H and O–H groups in total. The van der Waals surface area contributed by atoms with Crippen molar-refractivity contribution in [3.05, 3.63) is 108 Å². The van der Waals surface area contributed by atoms with Crippen molar-refractivity contribution >= 4 is 23.9 Å². The Morgan fingerprint density at radius 1 is 0.750 bits per heavy atom. The number of hydrogen-bond acceptors (Lipinski definition) is 10. The highest BCUT2D eigenvalue weighted by Crippen LogP contribution is 2.67. The van der Waals surface area contributed by atoms with Crippen molar-refractivity contribution in [2.24, 2.45) is 17.3 Å². The second-order valence-corrected chi connectivity index (χ2v) is 13.5. The van der Waals surface area contributed by atoms with E-state index in [2.05, 4.69) is 0 Å². The number of aliphatic hydroxyl groups excluding tert-OH is 1. The molecule has 1 saturated heterocycles. The van der Waals surface area contributed by atoms with E-state index in [1.807, 2.05) is 20.8 Å². The van der Waals surface area contributed by atoms with Crippen molar-refractivity contribution in [3.8, 4) is 0 Å². The Kier molecular flexibility index (Phi) is 8.91. The average Bonchev–Trinajstić information content (AvgIpc) is 3.25. The maximum absolute atomic E-state index is 13.8. The van der Waals surface area contributed by atoms with Gasteiger partial charge in [-0.2, -0.15) is 0 Å². The van der Waals surface area contributed by atoms with Gasteiger partial charge >= 0.3 is 23.9 Å². The number of rotatable bonds is 8. The summed E-state index contributed by atoms with van der Waals surface area (Å²) in [6.07, 6.45) is -4.52. The highest BCUT2D eigenvalue weighted by atomic mass is 16.6. The fourth-order valence-electron chi connectivity index (χ4n) is 8.25. The molecule has 3 aliphatic rings. The molecule has 10 nitrogen and oxygen atoms in total. The van der Waals surface area contributed by atoms with Crippen molar-refractivity contribution in [1.29, 1.82) is 0 Å². The van der Waals surface area contributed by atoms with Gasteiger partial charge in [-0.15, -0.1) is 0 Å². The predicted molar refractivity (Wildman–Crippen MR) is 172 cm³/mol. The first kappa shape index (κ1) is 33.4. The molecule has 3 aromatic carbocycles. The molecular formula is C38H40O10. The first-order valence-electron chi connectivity index (χ1n) is 16.2. The third-order valence-electron chi connectivity index (χ3n) is 10.4. The largest absolute Gasteiger partial charge is 0.461 e. The van der Waals surface area contributed by atoms with Crippen LogP contribution in [0.2, 0.25) is 0 Å². The minimum absolute atomic E-state index is 0.0829. The molecule has 0 aromatic heterocycles. The number of carbonyl (C=O) groups is 4. The van der Waals surface area contributed by atoms with Crippen LogP contribution in [0.3, 0.4) is 0 Å². The Morgan fingerprint density at radius 3 is 1.77 bits per heavy atom. The van der Waals surface area contributed by atoms with Crippen molar-refractivity contribution in [1.82, 2.24) is 0 Å². The van der Waals surface area contributed by atoms with Gasteiger partial charge in [-0.1, -0.05) is 61.5 Å². The molecule has 10 heteroatoms. The molecule has 6 rings (SSSR count). The summed E-state index contributed by atoms with van der Waals surface area (Å²) in [5.74, 6) is -3.61.